The molecule has 1 amide bonds. The van der Waals surface area contributed by atoms with E-state index in [1.807, 2.05) is 39.0 Å². The summed E-state index contributed by atoms with van der Waals surface area (Å²) in [7, 11) is 0. The van der Waals surface area contributed by atoms with Gasteiger partial charge in [0.15, 0.2) is 0 Å². The van der Waals surface area contributed by atoms with Crippen LogP contribution in [0.2, 0.25) is 0 Å². The number of rotatable bonds is 4. The predicted octanol–water partition coefficient (Wildman–Crippen LogP) is 2.01. The maximum atomic E-state index is 11.8. The molecule has 1 aromatic carbocycles. The molecule has 4 nitrogen and oxygen atoms in total. The van der Waals surface area contributed by atoms with Crippen LogP contribution in [0.25, 0.3) is 0 Å². The normalized spacial score (nSPS) is 24.4. The lowest BCUT2D eigenvalue weighted by atomic mass is 9.64. The average molecular weight is 262 g/mol. The molecule has 0 aromatic heterocycles. The summed E-state index contributed by atoms with van der Waals surface area (Å²) < 4.78 is 0. The Hall–Kier alpha value is -1.55. The molecule has 0 radical (unpaired) electrons. The number of aliphatic hydroxyl groups excluding tert-OH is 1. The molecule has 104 valence electrons. The highest BCUT2D eigenvalue weighted by molar-refractivity contribution is 5.95. The number of hydrogen-bond donors (Lipinski definition) is 3. The molecule has 1 saturated carbocycles. The molecule has 1 aromatic rings. The summed E-state index contributed by atoms with van der Waals surface area (Å²) >= 11 is 0. The number of nitrogens with one attached hydrogen (secondary N) is 2. The maximum absolute atomic E-state index is 11.8. The van der Waals surface area contributed by atoms with Crippen molar-refractivity contribution < 1.29 is 9.90 Å². The van der Waals surface area contributed by atoms with E-state index in [9.17, 15) is 9.90 Å². The third kappa shape index (κ3) is 2.73. The van der Waals surface area contributed by atoms with Crippen LogP contribution in [0.5, 0.6) is 0 Å². The van der Waals surface area contributed by atoms with Gasteiger partial charge in [0.2, 0.25) is 0 Å². The van der Waals surface area contributed by atoms with Crippen LogP contribution in [0.1, 0.15) is 37.6 Å². The largest absolute Gasteiger partial charge is 0.392 e. The molecule has 1 aliphatic rings. The van der Waals surface area contributed by atoms with Gasteiger partial charge in [-0.05, 0) is 31.5 Å². The number of anilines is 1. The zero-order valence-corrected chi connectivity index (χ0v) is 11.7. The van der Waals surface area contributed by atoms with Gasteiger partial charge in [0.1, 0.15) is 0 Å². The molecule has 2 rings (SSSR count). The van der Waals surface area contributed by atoms with Crippen LogP contribution in [-0.4, -0.2) is 29.7 Å². The molecule has 0 bridgehead atoms. The van der Waals surface area contributed by atoms with Gasteiger partial charge in [-0.25, -0.2) is 0 Å². The van der Waals surface area contributed by atoms with E-state index in [4.69, 9.17) is 0 Å². The highest BCUT2D eigenvalue weighted by atomic mass is 16.3. The minimum absolute atomic E-state index is 0.0564. The number of carbonyl (C=O) groups excluding carboxylic acids is 1. The van der Waals surface area contributed by atoms with Crippen molar-refractivity contribution in [2.45, 2.75) is 39.3 Å². The molecule has 2 atom stereocenters. The van der Waals surface area contributed by atoms with Crippen molar-refractivity contribution in [2.24, 2.45) is 5.41 Å². The van der Waals surface area contributed by atoms with Crippen LogP contribution in [0.15, 0.2) is 24.3 Å². The molecule has 2 unspecified atom stereocenters. The molecule has 0 aliphatic heterocycles. The van der Waals surface area contributed by atoms with Gasteiger partial charge in [0.05, 0.1) is 6.10 Å². The molecule has 1 fully saturated rings. The van der Waals surface area contributed by atoms with E-state index in [1.165, 1.54) is 0 Å². The van der Waals surface area contributed by atoms with Gasteiger partial charge in [-0.2, -0.15) is 0 Å². The summed E-state index contributed by atoms with van der Waals surface area (Å²) in [5, 5.41) is 15.9. The minimum atomic E-state index is -0.253. The molecular weight excluding hydrogens is 240 g/mol. The predicted molar refractivity (Wildman–Crippen MR) is 76.3 cm³/mol. The van der Waals surface area contributed by atoms with E-state index in [0.29, 0.717) is 12.1 Å². The Bertz CT molecular complexity index is 471. The van der Waals surface area contributed by atoms with Crippen molar-refractivity contribution in [3.63, 3.8) is 0 Å². The third-order valence-electron chi connectivity index (χ3n) is 4.02. The second-order valence-corrected chi connectivity index (χ2v) is 5.71. The van der Waals surface area contributed by atoms with Gasteiger partial charge in [-0.3, -0.25) is 4.79 Å². The summed E-state index contributed by atoms with van der Waals surface area (Å²) in [5.74, 6) is -0.0564. The van der Waals surface area contributed by atoms with Crippen LogP contribution in [0, 0.1) is 5.41 Å². The molecule has 3 N–H and O–H groups in total. The van der Waals surface area contributed by atoms with Crippen molar-refractivity contribution >= 4 is 11.6 Å². The zero-order valence-electron chi connectivity index (χ0n) is 11.7. The van der Waals surface area contributed by atoms with Crippen molar-refractivity contribution in [3.05, 3.63) is 29.8 Å². The monoisotopic (exact) mass is 262 g/mol. The second kappa shape index (κ2) is 5.21. The Morgan fingerprint density at radius 1 is 1.47 bits per heavy atom. The van der Waals surface area contributed by atoms with Gasteiger partial charge in [0, 0.05) is 29.3 Å². The van der Waals surface area contributed by atoms with Crippen molar-refractivity contribution in [3.8, 4) is 0 Å². The molecule has 0 spiro atoms. The van der Waals surface area contributed by atoms with E-state index in [0.717, 1.165) is 12.1 Å². The maximum Gasteiger partial charge on any atom is 0.251 e. The number of hydrogen-bond acceptors (Lipinski definition) is 3. The quantitative estimate of drug-likeness (QED) is 0.778. The SMILES string of the molecule is CCNC(=O)c1cccc(NC2CC(O)C2(C)C)c1. The molecule has 4 heteroatoms. The standard InChI is InChI=1S/C15H22N2O2/c1-4-16-14(19)10-6-5-7-11(8-10)17-12-9-13(18)15(12,2)3/h5-8,12-13,17-18H,4,9H2,1-3H3,(H,16,19). The molecular formula is C15H22N2O2. The van der Waals surface area contributed by atoms with E-state index >= 15 is 0 Å². The number of amides is 1. The minimum Gasteiger partial charge on any atom is -0.392 e. The zero-order chi connectivity index (χ0) is 14.0. The average Bonchev–Trinajstić information content (AvgIpc) is 2.39. The Morgan fingerprint density at radius 3 is 2.79 bits per heavy atom. The van der Waals surface area contributed by atoms with Crippen LogP contribution in [-0.2, 0) is 0 Å². The lowest BCUT2D eigenvalue weighted by Gasteiger charge is -2.49. The number of benzene rings is 1. The van der Waals surface area contributed by atoms with Gasteiger partial charge >= 0.3 is 0 Å². The Morgan fingerprint density at radius 2 is 2.21 bits per heavy atom. The second-order valence-electron chi connectivity index (χ2n) is 5.71. The van der Waals surface area contributed by atoms with Gasteiger partial charge in [-0.15, -0.1) is 0 Å². The highest BCUT2D eigenvalue weighted by Gasteiger charge is 2.47. The topological polar surface area (TPSA) is 61.4 Å². The van der Waals surface area contributed by atoms with E-state index in [-0.39, 0.29) is 23.5 Å². The van der Waals surface area contributed by atoms with Crippen LogP contribution in [0.4, 0.5) is 5.69 Å². The van der Waals surface area contributed by atoms with E-state index in [1.54, 1.807) is 6.07 Å². The molecule has 0 heterocycles. The molecule has 1 aliphatic carbocycles. The fourth-order valence-electron chi connectivity index (χ4n) is 2.36. The summed E-state index contributed by atoms with van der Waals surface area (Å²) in [6, 6.07) is 7.72. The first-order chi connectivity index (χ1) is 8.95. The van der Waals surface area contributed by atoms with Crippen LogP contribution in [0.3, 0.4) is 0 Å². The number of carbonyl (C=O) groups is 1. The lowest BCUT2D eigenvalue weighted by molar-refractivity contribution is -0.0510. The van der Waals surface area contributed by atoms with Crippen molar-refractivity contribution in [1.29, 1.82) is 0 Å². The van der Waals surface area contributed by atoms with Gasteiger partial charge in [-0.1, -0.05) is 19.9 Å². The Balaban J connectivity index is 2.06. The summed E-state index contributed by atoms with van der Waals surface area (Å²) in [6.07, 6.45) is 0.495. The fourth-order valence-corrected chi connectivity index (χ4v) is 2.36. The fraction of sp³-hybridized carbons (Fsp3) is 0.533. The van der Waals surface area contributed by atoms with Crippen molar-refractivity contribution in [2.75, 3.05) is 11.9 Å². The summed E-state index contributed by atoms with van der Waals surface area (Å²) in [5.41, 5.74) is 1.46. The Kier molecular flexibility index (Phi) is 3.80. The summed E-state index contributed by atoms with van der Waals surface area (Å²) in [4.78, 5) is 11.8. The van der Waals surface area contributed by atoms with E-state index < -0.39 is 0 Å². The van der Waals surface area contributed by atoms with Gasteiger partial charge < -0.3 is 15.7 Å². The Labute approximate surface area is 114 Å². The van der Waals surface area contributed by atoms with Crippen molar-refractivity contribution in [1.82, 2.24) is 5.32 Å². The number of aliphatic hydroxyl groups is 1. The third-order valence-corrected chi connectivity index (χ3v) is 4.02. The van der Waals surface area contributed by atoms with Crippen LogP contribution >= 0.6 is 0 Å². The smallest absolute Gasteiger partial charge is 0.251 e. The first-order valence-corrected chi connectivity index (χ1v) is 6.78. The first-order valence-electron chi connectivity index (χ1n) is 6.78. The summed E-state index contributed by atoms with van der Waals surface area (Å²) in [6.45, 7) is 6.62. The highest BCUT2D eigenvalue weighted by Crippen LogP contribution is 2.42. The van der Waals surface area contributed by atoms with E-state index in [2.05, 4.69) is 10.6 Å². The van der Waals surface area contributed by atoms with Crippen LogP contribution < -0.4 is 10.6 Å². The molecule has 19 heavy (non-hydrogen) atoms. The molecule has 0 saturated heterocycles. The first kappa shape index (κ1) is 13.9. The lowest BCUT2D eigenvalue weighted by Crippen LogP contribution is -2.56. The van der Waals surface area contributed by atoms with Gasteiger partial charge in [0.25, 0.3) is 5.91 Å².